The number of fused-ring (bicyclic) bond motifs is 1. The number of halogens is 3. The van der Waals surface area contributed by atoms with Crippen molar-refractivity contribution in [3.05, 3.63) is 46.5 Å². The molecule has 0 bridgehead atoms. The van der Waals surface area contributed by atoms with Gasteiger partial charge >= 0.3 is 6.18 Å². The maximum absolute atomic E-state index is 13.7. The molecule has 9 nitrogen and oxygen atoms in total. The maximum atomic E-state index is 13.7. The summed E-state index contributed by atoms with van der Waals surface area (Å²) in [6, 6.07) is 1.87. The van der Waals surface area contributed by atoms with Gasteiger partial charge in [0.2, 0.25) is 5.91 Å². The van der Waals surface area contributed by atoms with Crippen LogP contribution in [0.25, 0.3) is 21.3 Å². The van der Waals surface area contributed by atoms with Crippen LogP contribution in [-0.2, 0) is 17.5 Å². The molecule has 1 atom stereocenters. The van der Waals surface area contributed by atoms with Crippen LogP contribution in [0, 0.1) is 13.8 Å². The quantitative estimate of drug-likeness (QED) is 0.405. The lowest BCUT2D eigenvalue weighted by atomic mass is 10.0. The Hall–Kier alpha value is -3.74. The molecular weight excluding hydrogens is 483 g/mol. The molecule has 0 aromatic carbocycles. The minimum atomic E-state index is -4.73. The molecule has 0 saturated carbocycles. The number of nitrogens with two attached hydrogens (primary N) is 1. The van der Waals surface area contributed by atoms with Crippen LogP contribution in [-0.4, -0.2) is 36.4 Å². The molecule has 4 heterocycles. The molecule has 0 aliphatic rings. The second-order valence-corrected chi connectivity index (χ2v) is 8.94. The number of carbonyl (C=O) groups excluding carboxylic acids is 2. The standard InChI is InChI=1S/C22H22F3N7O2S/c1-5-31-11(3)14(9-28-31)13-8-15(22(23,24)25)29-21-16(13)17(18(35-21)19(26)33)30-20(34)12(4)32-10(2)6-7-27-32/h6-9,12H,5H2,1-4H3,(H2,26,33)(H,30,34). The van der Waals surface area contributed by atoms with Crippen molar-refractivity contribution in [2.45, 2.75) is 46.5 Å². The van der Waals surface area contributed by atoms with Gasteiger partial charge in [0, 0.05) is 35.1 Å². The molecule has 0 radical (unpaired) electrons. The number of nitrogens with zero attached hydrogens (tertiary/aromatic N) is 5. The molecule has 0 aliphatic carbocycles. The number of pyridine rings is 1. The summed E-state index contributed by atoms with van der Waals surface area (Å²) in [4.78, 5) is 29.0. The number of hydrogen-bond donors (Lipinski definition) is 2. The van der Waals surface area contributed by atoms with Gasteiger partial charge < -0.3 is 11.1 Å². The van der Waals surface area contributed by atoms with Gasteiger partial charge in [0.05, 0.1) is 11.9 Å². The molecule has 4 aromatic rings. The van der Waals surface area contributed by atoms with Crippen LogP contribution in [0.4, 0.5) is 18.9 Å². The first kappa shape index (κ1) is 24.4. The zero-order chi connectivity index (χ0) is 25.7. The molecule has 3 N–H and O–H groups in total. The number of alkyl halides is 3. The normalized spacial score (nSPS) is 12.8. The van der Waals surface area contributed by atoms with E-state index < -0.39 is 29.7 Å². The summed E-state index contributed by atoms with van der Waals surface area (Å²) in [5, 5.41) is 11.3. The summed E-state index contributed by atoms with van der Waals surface area (Å²) in [6.07, 6.45) is -1.73. The third-order valence-corrected chi connectivity index (χ3v) is 6.83. The summed E-state index contributed by atoms with van der Waals surface area (Å²) in [6.45, 7) is 7.48. The fourth-order valence-electron chi connectivity index (χ4n) is 3.90. The van der Waals surface area contributed by atoms with Gasteiger partial charge in [-0.05, 0) is 45.4 Å². The number of aryl methyl sites for hydroxylation is 2. The molecule has 4 rings (SSSR count). The Morgan fingerprint density at radius 3 is 2.49 bits per heavy atom. The maximum Gasteiger partial charge on any atom is 0.433 e. The number of carbonyl (C=O) groups is 2. The Bertz CT molecular complexity index is 1450. The zero-order valence-corrected chi connectivity index (χ0v) is 20.1. The van der Waals surface area contributed by atoms with Crippen molar-refractivity contribution < 1.29 is 22.8 Å². The van der Waals surface area contributed by atoms with Crippen LogP contribution < -0.4 is 11.1 Å². The minimum absolute atomic E-state index is 0.0130. The minimum Gasteiger partial charge on any atom is -0.365 e. The lowest BCUT2D eigenvalue weighted by molar-refractivity contribution is -0.140. The molecule has 35 heavy (non-hydrogen) atoms. The third-order valence-electron chi connectivity index (χ3n) is 5.73. The number of nitrogens with one attached hydrogen (secondary N) is 1. The Labute approximate surface area is 201 Å². The van der Waals surface area contributed by atoms with Crippen molar-refractivity contribution in [3.63, 3.8) is 0 Å². The van der Waals surface area contributed by atoms with E-state index in [9.17, 15) is 22.8 Å². The lowest BCUT2D eigenvalue weighted by Gasteiger charge is -2.16. The average molecular weight is 506 g/mol. The zero-order valence-electron chi connectivity index (χ0n) is 19.3. The van der Waals surface area contributed by atoms with Crippen molar-refractivity contribution in [1.29, 1.82) is 0 Å². The molecule has 1 unspecified atom stereocenters. The van der Waals surface area contributed by atoms with Crippen molar-refractivity contribution in [2.24, 2.45) is 5.73 Å². The molecule has 4 aromatic heterocycles. The van der Waals surface area contributed by atoms with Crippen LogP contribution in [0.3, 0.4) is 0 Å². The summed E-state index contributed by atoms with van der Waals surface area (Å²) < 4.78 is 44.3. The molecular formula is C22H22F3N7O2S. The van der Waals surface area contributed by atoms with Gasteiger partial charge in [-0.1, -0.05) is 0 Å². The van der Waals surface area contributed by atoms with E-state index in [-0.39, 0.29) is 26.3 Å². The van der Waals surface area contributed by atoms with E-state index in [2.05, 4.69) is 20.5 Å². The van der Waals surface area contributed by atoms with E-state index in [0.717, 1.165) is 11.8 Å². The van der Waals surface area contributed by atoms with Gasteiger partial charge in [0.25, 0.3) is 5.91 Å². The predicted molar refractivity (Wildman–Crippen MR) is 125 cm³/mol. The number of hydrogen-bond acceptors (Lipinski definition) is 6. The Kier molecular flexibility index (Phi) is 6.13. The third kappa shape index (κ3) is 4.27. The SMILES string of the molecule is CCn1ncc(-c2cc(C(F)(F)F)nc3sc(C(N)=O)c(NC(=O)C(C)n4nccc4C)c23)c1C. The van der Waals surface area contributed by atoms with E-state index in [1.807, 2.05) is 6.92 Å². The second kappa shape index (κ2) is 8.80. The van der Waals surface area contributed by atoms with E-state index in [1.165, 1.54) is 10.9 Å². The first-order chi connectivity index (χ1) is 16.4. The average Bonchev–Trinajstić information content (AvgIpc) is 3.48. The van der Waals surface area contributed by atoms with E-state index in [1.54, 1.807) is 37.7 Å². The van der Waals surface area contributed by atoms with Gasteiger partial charge in [-0.25, -0.2) is 4.98 Å². The molecule has 0 saturated heterocycles. The van der Waals surface area contributed by atoms with E-state index in [4.69, 9.17) is 5.73 Å². The van der Waals surface area contributed by atoms with Crippen molar-refractivity contribution in [3.8, 4) is 11.1 Å². The number of amides is 2. The first-order valence-corrected chi connectivity index (χ1v) is 11.4. The van der Waals surface area contributed by atoms with Crippen LogP contribution in [0.1, 0.15) is 46.6 Å². The van der Waals surface area contributed by atoms with Crippen molar-refractivity contribution >= 4 is 39.1 Å². The summed E-state index contributed by atoms with van der Waals surface area (Å²) >= 11 is 0.694. The first-order valence-electron chi connectivity index (χ1n) is 10.6. The highest BCUT2D eigenvalue weighted by Gasteiger charge is 2.35. The fourth-order valence-corrected chi connectivity index (χ4v) is 4.91. The molecule has 0 fully saturated rings. The second-order valence-electron chi connectivity index (χ2n) is 7.95. The Balaban J connectivity index is 1.96. The van der Waals surface area contributed by atoms with Crippen molar-refractivity contribution in [1.82, 2.24) is 24.5 Å². The number of primary amides is 1. The van der Waals surface area contributed by atoms with Gasteiger partial charge in [0.1, 0.15) is 21.4 Å². The summed E-state index contributed by atoms with van der Waals surface area (Å²) in [5.74, 6) is -1.42. The van der Waals surface area contributed by atoms with Crippen LogP contribution in [0.5, 0.6) is 0 Å². The number of aromatic nitrogens is 5. The lowest BCUT2D eigenvalue weighted by Crippen LogP contribution is -2.26. The topological polar surface area (TPSA) is 121 Å². The van der Waals surface area contributed by atoms with E-state index in [0.29, 0.717) is 29.1 Å². The summed E-state index contributed by atoms with van der Waals surface area (Å²) in [5.41, 5.74) is 6.36. The fraction of sp³-hybridized carbons (Fsp3) is 0.318. The Morgan fingerprint density at radius 1 is 1.23 bits per heavy atom. The van der Waals surface area contributed by atoms with Crippen LogP contribution >= 0.6 is 11.3 Å². The highest BCUT2D eigenvalue weighted by atomic mass is 32.1. The smallest absolute Gasteiger partial charge is 0.365 e. The van der Waals surface area contributed by atoms with Gasteiger partial charge in [-0.2, -0.15) is 23.4 Å². The van der Waals surface area contributed by atoms with Crippen molar-refractivity contribution in [2.75, 3.05) is 5.32 Å². The molecule has 13 heteroatoms. The number of thiophene rings is 1. The molecule has 184 valence electrons. The highest BCUT2D eigenvalue weighted by molar-refractivity contribution is 7.21. The van der Waals surface area contributed by atoms with Crippen LogP contribution in [0.15, 0.2) is 24.5 Å². The van der Waals surface area contributed by atoms with E-state index >= 15 is 0 Å². The highest BCUT2D eigenvalue weighted by Crippen LogP contribution is 2.44. The van der Waals surface area contributed by atoms with Gasteiger partial charge in [-0.3, -0.25) is 19.0 Å². The number of rotatable bonds is 6. The molecule has 0 spiro atoms. The largest absolute Gasteiger partial charge is 0.433 e. The van der Waals surface area contributed by atoms with Crippen LogP contribution in [0.2, 0.25) is 0 Å². The Morgan fingerprint density at radius 2 is 1.94 bits per heavy atom. The molecule has 0 aliphatic heterocycles. The molecule has 2 amide bonds. The number of anilines is 1. The summed E-state index contributed by atoms with van der Waals surface area (Å²) in [7, 11) is 0. The van der Waals surface area contributed by atoms with Gasteiger partial charge in [0.15, 0.2) is 0 Å². The monoisotopic (exact) mass is 505 g/mol. The predicted octanol–water partition coefficient (Wildman–Crippen LogP) is 4.31. The van der Waals surface area contributed by atoms with Gasteiger partial charge in [-0.15, -0.1) is 11.3 Å².